The number of amidine groups is 1. The van der Waals surface area contributed by atoms with Crippen LogP contribution >= 0.6 is 0 Å². The van der Waals surface area contributed by atoms with E-state index >= 15 is 0 Å². The number of aryl methyl sites for hydroxylation is 1. The first kappa shape index (κ1) is 11.7. The van der Waals surface area contributed by atoms with E-state index in [1.807, 2.05) is 20.8 Å². The Morgan fingerprint density at radius 3 is 2.67 bits per heavy atom. The lowest BCUT2D eigenvalue weighted by atomic mass is 10.2. The average Bonchev–Trinajstić information content (AvgIpc) is 2.52. The molecule has 1 aromatic heterocycles. The van der Waals surface area contributed by atoms with E-state index in [-0.39, 0.29) is 6.73 Å². The second kappa shape index (κ2) is 4.93. The molecule has 84 valence electrons. The summed E-state index contributed by atoms with van der Waals surface area (Å²) in [4.78, 5) is 4.11. The zero-order valence-electron chi connectivity index (χ0n) is 9.70. The van der Waals surface area contributed by atoms with Crippen molar-refractivity contribution in [1.29, 1.82) is 0 Å². The molecule has 2 N–H and O–H groups in total. The fourth-order valence-corrected chi connectivity index (χ4v) is 1.37. The van der Waals surface area contributed by atoms with E-state index in [0.717, 1.165) is 29.3 Å². The molecule has 0 fully saturated rings. The van der Waals surface area contributed by atoms with Gasteiger partial charge in [0.1, 0.15) is 18.4 Å². The number of nitrogens with zero attached hydrogens (tertiary/aromatic N) is 3. The van der Waals surface area contributed by atoms with Gasteiger partial charge in [0.05, 0.1) is 5.69 Å². The predicted octanol–water partition coefficient (Wildman–Crippen LogP) is 1.30. The van der Waals surface area contributed by atoms with Crippen LogP contribution in [0.4, 0.5) is 5.82 Å². The van der Waals surface area contributed by atoms with Crippen molar-refractivity contribution in [2.75, 3.05) is 12.4 Å². The van der Waals surface area contributed by atoms with Gasteiger partial charge in [-0.05, 0) is 13.8 Å². The van der Waals surface area contributed by atoms with Gasteiger partial charge < -0.3 is 10.4 Å². The molecule has 1 heterocycles. The minimum absolute atomic E-state index is 0.127. The summed E-state index contributed by atoms with van der Waals surface area (Å²) < 4.78 is 1.53. The van der Waals surface area contributed by atoms with Crippen molar-refractivity contribution >= 4 is 11.7 Å². The van der Waals surface area contributed by atoms with Crippen molar-refractivity contribution in [2.24, 2.45) is 4.99 Å². The van der Waals surface area contributed by atoms with Gasteiger partial charge in [-0.25, -0.2) is 4.68 Å². The lowest BCUT2D eigenvalue weighted by Gasteiger charge is -2.09. The summed E-state index contributed by atoms with van der Waals surface area (Å²) in [7, 11) is 1.74. The Morgan fingerprint density at radius 2 is 2.20 bits per heavy atom. The Bertz CT molecular complexity index is 368. The van der Waals surface area contributed by atoms with Crippen molar-refractivity contribution < 1.29 is 5.11 Å². The molecule has 15 heavy (non-hydrogen) atoms. The van der Waals surface area contributed by atoms with Gasteiger partial charge in [0.25, 0.3) is 0 Å². The van der Waals surface area contributed by atoms with Crippen LogP contribution in [0.5, 0.6) is 0 Å². The van der Waals surface area contributed by atoms with Crippen LogP contribution < -0.4 is 5.32 Å². The molecule has 0 radical (unpaired) electrons. The molecule has 1 aromatic rings. The molecule has 5 heteroatoms. The van der Waals surface area contributed by atoms with Crippen molar-refractivity contribution in [3.63, 3.8) is 0 Å². The largest absolute Gasteiger partial charge is 0.374 e. The lowest BCUT2D eigenvalue weighted by Crippen LogP contribution is -2.15. The Hall–Kier alpha value is -1.36. The first-order valence-electron chi connectivity index (χ1n) is 5.01. The van der Waals surface area contributed by atoms with Crippen LogP contribution in [-0.2, 0) is 6.73 Å². The second-order valence-corrected chi connectivity index (χ2v) is 3.35. The molecule has 0 aliphatic carbocycles. The highest BCUT2D eigenvalue weighted by Crippen LogP contribution is 2.18. The number of aliphatic hydroxyl groups excluding tert-OH is 1. The molecule has 0 aliphatic rings. The fourth-order valence-electron chi connectivity index (χ4n) is 1.37. The van der Waals surface area contributed by atoms with Crippen LogP contribution in [0.15, 0.2) is 4.99 Å². The number of hydrogen-bond acceptors (Lipinski definition) is 3. The van der Waals surface area contributed by atoms with Gasteiger partial charge in [0.15, 0.2) is 0 Å². The molecule has 0 unspecified atom stereocenters. The van der Waals surface area contributed by atoms with Crippen LogP contribution in [0, 0.1) is 13.8 Å². The van der Waals surface area contributed by atoms with Crippen LogP contribution in [0.3, 0.4) is 0 Å². The maximum absolute atomic E-state index is 9.14. The molecule has 0 bridgehead atoms. The van der Waals surface area contributed by atoms with Gasteiger partial charge in [0.2, 0.25) is 0 Å². The van der Waals surface area contributed by atoms with E-state index in [0.29, 0.717) is 0 Å². The molecule has 0 saturated heterocycles. The number of aliphatic imine (C=N–C) groups is 1. The van der Waals surface area contributed by atoms with Gasteiger partial charge in [-0.3, -0.25) is 4.99 Å². The van der Waals surface area contributed by atoms with E-state index in [1.165, 1.54) is 4.68 Å². The quantitative estimate of drug-likeness (QED) is 0.584. The minimum Gasteiger partial charge on any atom is -0.374 e. The van der Waals surface area contributed by atoms with E-state index < -0.39 is 0 Å². The van der Waals surface area contributed by atoms with Crippen LogP contribution in [0.2, 0.25) is 0 Å². The third kappa shape index (κ3) is 2.36. The Morgan fingerprint density at radius 1 is 1.53 bits per heavy atom. The molecule has 0 saturated carbocycles. The SMILES string of the molecule is CCC(=NC)Nc1c(C)c(C)nn1CO. The molecular weight excluding hydrogens is 192 g/mol. The summed E-state index contributed by atoms with van der Waals surface area (Å²) in [5.74, 6) is 1.70. The molecule has 0 atom stereocenters. The number of hydrogen-bond donors (Lipinski definition) is 2. The van der Waals surface area contributed by atoms with E-state index in [4.69, 9.17) is 5.11 Å². The summed E-state index contributed by atoms with van der Waals surface area (Å²) in [6.45, 7) is 5.79. The minimum atomic E-state index is -0.127. The van der Waals surface area contributed by atoms with Gasteiger partial charge in [-0.15, -0.1) is 0 Å². The normalized spacial score (nSPS) is 11.9. The summed E-state index contributed by atoms with van der Waals surface area (Å²) in [6, 6.07) is 0. The van der Waals surface area contributed by atoms with Crippen molar-refractivity contribution in [2.45, 2.75) is 33.9 Å². The molecule has 0 aliphatic heterocycles. The highest BCUT2D eigenvalue weighted by molar-refractivity contribution is 5.95. The zero-order valence-corrected chi connectivity index (χ0v) is 9.70. The van der Waals surface area contributed by atoms with Gasteiger partial charge in [-0.2, -0.15) is 5.10 Å². The van der Waals surface area contributed by atoms with Crippen molar-refractivity contribution in [1.82, 2.24) is 9.78 Å². The smallest absolute Gasteiger partial charge is 0.138 e. The highest BCUT2D eigenvalue weighted by Gasteiger charge is 2.11. The first-order chi connectivity index (χ1) is 7.13. The number of rotatable bonds is 3. The maximum Gasteiger partial charge on any atom is 0.138 e. The summed E-state index contributed by atoms with van der Waals surface area (Å²) in [5, 5.41) is 16.5. The monoisotopic (exact) mass is 210 g/mol. The van der Waals surface area contributed by atoms with Crippen LogP contribution in [-0.4, -0.2) is 27.8 Å². The molecular formula is C10H18N4O. The number of aliphatic hydroxyl groups is 1. The molecule has 5 nitrogen and oxygen atoms in total. The molecule has 1 rings (SSSR count). The van der Waals surface area contributed by atoms with E-state index in [9.17, 15) is 0 Å². The topological polar surface area (TPSA) is 62.4 Å². The van der Waals surface area contributed by atoms with Crippen LogP contribution in [0.1, 0.15) is 24.6 Å². The lowest BCUT2D eigenvalue weighted by molar-refractivity contribution is 0.197. The van der Waals surface area contributed by atoms with Crippen LogP contribution in [0.25, 0.3) is 0 Å². The van der Waals surface area contributed by atoms with Crippen molar-refractivity contribution in [3.8, 4) is 0 Å². The fraction of sp³-hybridized carbons (Fsp3) is 0.600. The van der Waals surface area contributed by atoms with E-state index in [2.05, 4.69) is 15.4 Å². The van der Waals surface area contributed by atoms with Gasteiger partial charge in [-0.1, -0.05) is 6.92 Å². The summed E-state index contributed by atoms with van der Waals surface area (Å²) in [6.07, 6.45) is 0.825. The number of anilines is 1. The summed E-state index contributed by atoms with van der Waals surface area (Å²) >= 11 is 0. The standard InChI is InChI=1S/C10H18N4O/c1-5-9(11-4)12-10-7(2)8(3)13-14(10)6-15/h15H,5-6H2,1-4H3,(H,11,12). The third-order valence-corrected chi connectivity index (χ3v) is 2.43. The first-order valence-corrected chi connectivity index (χ1v) is 5.01. The Balaban J connectivity index is 3.02. The Labute approximate surface area is 89.8 Å². The molecule has 0 amide bonds. The van der Waals surface area contributed by atoms with Gasteiger partial charge >= 0.3 is 0 Å². The van der Waals surface area contributed by atoms with E-state index in [1.54, 1.807) is 7.05 Å². The van der Waals surface area contributed by atoms with Crippen molar-refractivity contribution in [3.05, 3.63) is 11.3 Å². The Kier molecular flexibility index (Phi) is 3.85. The zero-order chi connectivity index (χ0) is 11.4. The highest BCUT2D eigenvalue weighted by atomic mass is 16.3. The molecule has 0 spiro atoms. The number of aromatic nitrogens is 2. The predicted molar refractivity (Wildman–Crippen MR) is 61.2 cm³/mol. The van der Waals surface area contributed by atoms with Gasteiger partial charge in [0, 0.05) is 19.0 Å². The average molecular weight is 210 g/mol. The number of nitrogens with one attached hydrogen (secondary N) is 1. The third-order valence-electron chi connectivity index (χ3n) is 2.43. The molecule has 0 aromatic carbocycles. The summed E-state index contributed by atoms with van der Waals surface area (Å²) in [5.41, 5.74) is 1.96. The second-order valence-electron chi connectivity index (χ2n) is 3.35. The maximum atomic E-state index is 9.14.